The van der Waals surface area contributed by atoms with Gasteiger partial charge in [0.15, 0.2) is 0 Å². The number of alkyl halides is 3. The average Bonchev–Trinajstić information content (AvgIpc) is 3.63. The van der Waals surface area contributed by atoms with Crippen LogP contribution in [0.5, 0.6) is 0 Å². The van der Waals surface area contributed by atoms with Gasteiger partial charge in [-0.05, 0) is 62.6 Å². The molecule has 12 heteroatoms. The van der Waals surface area contributed by atoms with Crippen LogP contribution in [0.15, 0.2) is 42.5 Å². The maximum absolute atomic E-state index is 14.6. The number of sulfonamides is 1. The SMILES string of the molecule is Cc1cc(C(F)(F)F)cc(NC2C(c3ccccc3)N(C(=O)C3CCCCC3)C(C(=O)NS(=O)(=O)C3(C)CC3)C2C(C)(C)C)n1. The van der Waals surface area contributed by atoms with Gasteiger partial charge in [-0.2, -0.15) is 13.2 Å². The van der Waals surface area contributed by atoms with Crippen LogP contribution >= 0.6 is 0 Å². The van der Waals surface area contributed by atoms with Crippen molar-refractivity contribution in [3.63, 3.8) is 0 Å². The lowest BCUT2D eigenvalue weighted by Gasteiger charge is -2.37. The minimum absolute atomic E-state index is 0.0354. The zero-order valence-electron chi connectivity index (χ0n) is 26.4. The van der Waals surface area contributed by atoms with Crippen molar-refractivity contribution in [2.45, 2.75) is 109 Å². The van der Waals surface area contributed by atoms with E-state index in [4.69, 9.17) is 0 Å². The number of anilines is 1. The summed E-state index contributed by atoms with van der Waals surface area (Å²) in [6.45, 7) is 8.74. The van der Waals surface area contributed by atoms with E-state index in [1.165, 1.54) is 6.92 Å². The number of hydrogen-bond acceptors (Lipinski definition) is 6. The van der Waals surface area contributed by atoms with Crippen molar-refractivity contribution in [1.82, 2.24) is 14.6 Å². The molecule has 4 atom stereocenters. The zero-order valence-corrected chi connectivity index (χ0v) is 27.3. The second kappa shape index (κ2) is 11.9. The highest BCUT2D eigenvalue weighted by molar-refractivity contribution is 7.91. The van der Waals surface area contributed by atoms with Gasteiger partial charge in [0.1, 0.15) is 11.9 Å². The molecule has 0 radical (unpaired) electrons. The number of nitrogens with zero attached hydrogens (tertiary/aromatic N) is 2. The Kier molecular flexibility index (Phi) is 8.78. The molecule has 4 unspecified atom stereocenters. The number of aromatic nitrogens is 1. The van der Waals surface area contributed by atoms with E-state index >= 15 is 0 Å². The van der Waals surface area contributed by atoms with E-state index in [-0.39, 0.29) is 23.3 Å². The van der Waals surface area contributed by atoms with Crippen LogP contribution in [0.25, 0.3) is 0 Å². The summed E-state index contributed by atoms with van der Waals surface area (Å²) in [6, 6.07) is 8.19. The molecule has 2 heterocycles. The van der Waals surface area contributed by atoms with Gasteiger partial charge in [0.2, 0.25) is 15.9 Å². The van der Waals surface area contributed by atoms with Crippen LogP contribution in [0.4, 0.5) is 19.0 Å². The van der Waals surface area contributed by atoms with E-state index in [2.05, 4.69) is 15.0 Å². The topological polar surface area (TPSA) is 108 Å². The molecule has 2 N–H and O–H groups in total. The first-order valence-corrected chi connectivity index (χ1v) is 17.2. The molecule has 1 aromatic heterocycles. The molecule has 2 saturated carbocycles. The molecule has 2 aromatic rings. The number of benzene rings is 1. The molecule has 246 valence electrons. The van der Waals surface area contributed by atoms with Crippen molar-refractivity contribution in [3.8, 4) is 0 Å². The fourth-order valence-electron chi connectivity index (χ4n) is 7.07. The van der Waals surface area contributed by atoms with E-state index in [0.717, 1.165) is 31.4 Å². The molecule has 3 fully saturated rings. The van der Waals surface area contributed by atoms with Crippen LogP contribution < -0.4 is 10.0 Å². The standard InChI is InChI=1S/C33H43F3N4O4S/c1-20-18-23(33(34,35)36)19-24(37-20)38-26-25(31(2,3)4)28(29(41)39-45(43,44)32(5)16-17-32)40(27(26)21-12-8-6-9-13-21)30(42)22-14-10-7-11-15-22/h6,8-9,12-13,18-19,22,25-28H,7,10-11,14-17H2,1-5H3,(H,37,38)(H,39,41). The van der Waals surface area contributed by atoms with Crippen LogP contribution in [0.3, 0.4) is 0 Å². The summed E-state index contributed by atoms with van der Waals surface area (Å²) >= 11 is 0. The average molecular weight is 649 g/mol. The highest BCUT2D eigenvalue weighted by Gasteiger charge is 2.60. The first-order valence-electron chi connectivity index (χ1n) is 15.7. The zero-order chi connectivity index (χ0) is 32.9. The number of pyridine rings is 1. The van der Waals surface area contributed by atoms with Crippen molar-refractivity contribution in [2.75, 3.05) is 5.32 Å². The molecule has 8 nitrogen and oxygen atoms in total. The predicted molar refractivity (Wildman–Crippen MR) is 165 cm³/mol. The van der Waals surface area contributed by atoms with Crippen molar-refractivity contribution in [2.24, 2.45) is 17.3 Å². The molecular weight excluding hydrogens is 605 g/mol. The highest BCUT2D eigenvalue weighted by atomic mass is 32.2. The molecule has 0 bridgehead atoms. The van der Waals surface area contributed by atoms with Crippen LogP contribution in [0, 0.1) is 24.2 Å². The van der Waals surface area contributed by atoms with Crippen LogP contribution in [0.2, 0.25) is 0 Å². The Hall–Kier alpha value is -3.15. The Labute approximate surface area is 263 Å². The highest BCUT2D eigenvalue weighted by Crippen LogP contribution is 2.51. The van der Waals surface area contributed by atoms with Crippen molar-refractivity contribution < 1.29 is 31.2 Å². The second-order valence-electron chi connectivity index (χ2n) is 14.2. The van der Waals surface area contributed by atoms with Crippen LogP contribution in [-0.4, -0.2) is 46.9 Å². The maximum Gasteiger partial charge on any atom is 0.416 e. The van der Waals surface area contributed by atoms with Gasteiger partial charge in [-0.25, -0.2) is 13.4 Å². The van der Waals surface area contributed by atoms with Gasteiger partial charge in [0.05, 0.1) is 22.4 Å². The lowest BCUT2D eigenvalue weighted by Crippen LogP contribution is -2.55. The summed E-state index contributed by atoms with van der Waals surface area (Å²) < 4.78 is 69.5. The van der Waals surface area contributed by atoms with E-state index in [1.54, 1.807) is 24.0 Å². The van der Waals surface area contributed by atoms with Gasteiger partial charge in [-0.1, -0.05) is 70.4 Å². The molecule has 1 saturated heterocycles. The minimum Gasteiger partial charge on any atom is -0.364 e. The molecule has 1 aliphatic heterocycles. The number of carbonyl (C=O) groups is 2. The molecule has 2 amide bonds. The lowest BCUT2D eigenvalue weighted by atomic mass is 9.72. The smallest absolute Gasteiger partial charge is 0.364 e. The van der Waals surface area contributed by atoms with Gasteiger partial charge >= 0.3 is 6.18 Å². The molecule has 45 heavy (non-hydrogen) atoms. The number of hydrogen-bond donors (Lipinski definition) is 2. The summed E-state index contributed by atoms with van der Waals surface area (Å²) in [6.07, 6.45) is 0.255. The monoisotopic (exact) mass is 648 g/mol. The summed E-state index contributed by atoms with van der Waals surface area (Å²) in [4.78, 5) is 34.8. The quantitative estimate of drug-likeness (QED) is 0.361. The summed E-state index contributed by atoms with van der Waals surface area (Å²) in [7, 11) is -4.05. The number of amides is 2. The number of halogens is 3. The molecular formula is C33H43F3N4O4S. The van der Waals surface area contributed by atoms with Crippen molar-refractivity contribution in [3.05, 3.63) is 59.3 Å². The second-order valence-corrected chi connectivity index (χ2v) is 16.4. The number of nitrogens with one attached hydrogen (secondary N) is 2. The van der Waals surface area contributed by atoms with Gasteiger partial charge in [-0.15, -0.1) is 0 Å². The molecule has 5 rings (SSSR count). The number of aryl methyl sites for hydroxylation is 1. The van der Waals surface area contributed by atoms with E-state index in [9.17, 15) is 31.2 Å². The Morgan fingerprint density at radius 1 is 1.00 bits per heavy atom. The number of rotatable bonds is 7. The first-order chi connectivity index (χ1) is 20.9. The predicted octanol–water partition coefficient (Wildman–Crippen LogP) is 6.38. The first kappa shape index (κ1) is 33.2. The Bertz CT molecular complexity index is 1530. The van der Waals surface area contributed by atoms with Crippen LogP contribution in [-0.2, 0) is 25.8 Å². The maximum atomic E-state index is 14.6. The van der Waals surface area contributed by atoms with Gasteiger partial charge in [-0.3, -0.25) is 14.3 Å². The third kappa shape index (κ3) is 6.71. The fraction of sp³-hybridized carbons (Fsp3) is 0.606. The Morgan fingerprint density at radius 2 is 1.62 bits per heavy atom. The van der Waals surface area contributed by atoms with E-state index < -0.39 is 61.9 Å². The lowest BCUT2D eigenvalue weighted by molar-refractivity contribution is -0.145. The van der Waals surface area contributed by atoms with Crippen molar-refractivity contribution >= 4 is 27.7 Å². The molecule has 0 spiro atoms. The third-order valence-corrected chi connectivity index (χ3v) is 11.9. The molecule has 1 aromatic carbocycles. The largest absolute Gasteiger partial charge is 0.416 e. The fourth-order valence-corrected chi connectivity index (χ4v) is 8.34. The minimum atomic E-state index is -4.61. The Morgan fingerprint density at radius 3 is 2.18 bits per heavy atom. The third-order valence-electron chi connectivity index (χ3n) is 9.72. The Balaban J connectivity index is 1.68. The molecule has 3 aliphatic rings. The molecule has 2 aliphatic carbocycles. The van der Waals surface area contributed by atoms with E-state index in [1.807, 2.05) is 39.0 Å². The summed E-state index contributed by atoms with van der Waals surface area (Å²) in [5.41, 5.74) is -0.739. The summed E-state index contributed by atoms with van der Waals surface area (Å²) in [5, 5.41) is 3.24. The van der Waals surface area contributed by atoms with Crippen LogP contribution in [0.1, 0.15) is 95.5 Å². The van der Waals surface area contributed by atoms with E-state index in [0.29, 0.717) is 31.2 Å². The van der Waals surface area contributed by atoms with Gasteiger partial charge < -0.3 is 10.2 Å². The van der Waals surface area contributed by atoms with Gasteiger partial charge in [0.25, 0.3) is 5.91 Å². The van der Waals surface area contributed by atoms with Gasteiger partial charge in [0, 0.05) is 17.5 Å². The number of likely N-dealkylation sites (tertiary alicyclic amines) is 1. The van der Waals surface area contributed by atoms with Crippen molar-refractivity contribution in [1.29, 1.82) is 0 Å². The summed E-state index contributed by atoms with van der Waals surface area (Å²) in [5.74, 6) is -2.15. The normalized spacial score (nSPS) is 25.6. The number of carbonyl (C=O) groups excluding carboxylic acids is 2.